The topological polar surface area (TPSA) is 130 Å². The Morgan fingerprint density at radius 2 is 1.77 bits per heavy atom. The molecule has 0 bridgehead atoms. The van der Waals surface area contributed by atoms with Gasteiger partial charge >= 0.3 is 0 Å². The zero-order valence-electron chi connectivity index (χ0n) is 15.5. The molecule has 4 N–H and O–H groups in total. The zero-order chi connectivity index (χ0) is 21.4. The van der Waals surface area contributed by atoms with Crippen molar-refractivity contribution in [3.63, 3.8) is 0 Å². The summed E-state index contributed by atoms with van der Waals surface area (Å²) in [5, 5.41) is 39.2. The summed E-state index contributed by atoms with van der Waals surface area (Å²) in [7, 11) is 0. The lowest BCUT2D eigenvalue weighted by molar-refractivity contribution is -0.277. The summed E-state index contributed by atoms with van der Waals surface area (Å²) >= 11 is 0. The van der Waals surface area contributed by atoms with Crippen LogP contribution in [0.15, 0.2) is 57.9 Å². The van der Waals surface area contributed by atoms with Crippen molar-refractivity contribution in [2.75, 3.05) is 6.61 Å². The van der Waals surface area contributed by atoms with Crippen molar-refractivity contribution in [1.82, 2.24) is 0 Å². The van der Waals surface area contributed by atoms with Crippen LogP contribution in [0.3, 0.4) is 0 Å². The van der Waals surface area contributed by atoms with E-state index in [2.05, 4.69) is 0 Å². The predicted molar refractivity (Wildman–Crippen MR) is 102 cm³/mol. The van der Waals surface area contributed by atoms with E-state index in [0.29, 0.717) is 0 Å². The van der Waals surface area contributed by atoms with E-state index in [-0.39, 0.29) is 27.8 Å². The van der Waals surface area contributed by atoms with E-state index in [1.807, 2.05) is 0 Å². The van der Waals surface area contributed by atoms with E-state index >= 15 is 0 Å². The van der Waals surface area contributed by atoms with Gasteiger partial charge in [-0.2, -0.15) is 0 Å². The fraction of sp³-hybridized carbons (Fsp3) is 0.286. The van der Waals surface area contributed by atoms with E-state index < -0.39 is 48.6 Å². The molecule has 0 saturated carbocycles. The molecule has 8 nitrogen and oxygen atoms in total. The van der Waals surface area contributed by atoms with Crippen LogP contribution < -0.4 is 10.2 Å². The lowest BCUT2D eigenvalue weighted by atomic mass is 9.99. The first kappa shape index (κ1) is 20.5. The van der Waals surface area contributed by atoms with Crippen LogP contribution in [0.25, 0.3) is 22.1 Å². The van der Waals surface area contributed by atoms with Gasteiger partial charge in [-0.25, -0.2) is 4.39 Å². The van der Waals surface area contributed by atoms with Crippen molar-refractivity contribution < 1.29 is 38.7 Å². The Hall–Kier alpha value is -2.82. The molecular weight excluding hydrogens is 399 g/mol. The normalized spacial score (nSPS) is 26.6. The summed E-state index contributed by atoms with van der Waals surface area (Å²) in [6.45, 7) is -0.587. The minimum absolute atomic E-state index is 0.0724. The maximum atomic E-state index is 14.0. The maximum Gasteiger partial charge on any atom is 0.229 e. The second-order valence-electron chi connectivity index (χ2n) is 6.93. The Kier molecular flexibility index (Phi) is 5.54. The van der Waals surface area contributed by atoms with Gasteiger partial charge in [0.2, 0.25) is 11.7 Å². The van der Waals surface area contributed by atoms with Crippen LogP contribution in [0.5, 0.6) is 5.75 Å². The molecule has 4 rings (SSSR count). The molecule has 2 heterocycles. The van der Waals surface area contributed by atoms with Crippen LogP contribution in [0.4, 0.5) is 4.39 Å². The van der Waals surface area contributed by atoms with Gasteiger partial charge in [-0.05, 0) is 18.2 Å². The fourth-order valence-corrected chi connectivity index (χ4v) is 3.35. The van der Waals surface area contributed by atoms with Gasteiger partial charge in [0.25, 0.3) is 0 Å². The predicted octanol–water partition coefficient (Wildman–Crippen LogP) is 0.778. The molecular formula is C21H19FO8. The van der Waals surface area contributed by atoms with Gasteiger partial charge in [0, 0.05) is 11.6 Å². The quantitative estimate of drug-likeness (QED) is 0.489. The van der Waals surface area contributed by atoms with Gasteiger partial charge in [0.15, 0.2) is 0 Å². The van der Waals surface area contributed by atoms with Crippen molar-refractivity contribution in [1.29, 1.82) is 0 Å². The molecule has 3 aromatic rings. The minimum Gasteiger partial charge on any atom is -0.463 e. The van der Waals surface area contributed by atoms with Crippen molar-refractivity contribution in [2.45, 2.75) is 30.7 Å². The standard InChI is InChI=1S/C21H19FO8/c22-14-4-2-1-3-11(14)13-9-28-15-7-10(5-6-12(15)17(13)24)29-21-20(27)19(26)18(25)16(8-23)30-21/h1-7,9,16,18-21,23,25-27H,8H2/t16-,18-,19-,20+,21-/m1/s1. The summed E-state index contributed by atoms with van der Waals surface area (Å²) in [5.41, 5.74) is -0.0825. The molecule has 158 valence electrons. The molecule has 0 amide bonds. The first-order valence-electron chi connectivity index (χ1n) is 9.18. The fourth-order valence-electron chi connectivity index (χ4n) is 3.35. The third-order valence-corrected chi connectivity index (χ3v) is 5.01. The molecule has 1 aliphatic heterocycles. The Morgan fingerprint density at radius 1 is 1.00 bits per heavy atom. The maximum absolute atomic E-state index is 14.0. The average molecular weight is 418 g/mol. The second-order valence-corrected chi connectivity index (χ2v) is 6.93. The average Bonchev–Trinajstić information content (AvgIpc) is 2.75. The van der Waals surface area contributed by atoms with Crippen molar-refractivity contribution in [2.24, 2.45) is 0 Å². The van der Waals surface area contributed by atoms with Gasteiger partial charge < -0.3 is 34.3 Å². The van der Waals surface area contributed by atoms with E-state index in [0.717, 1.165) is 6.26 Å². The number of hydrogen-bond donors (Lipinski definition) is 4. The molecule has 2 aromatic carbocycles. The number of aliphatic hydroxyl groups excluding tert-OH is 4. The third kappa shape index (κ3) is 3.57. The van der Waals surface area contributed by atoms with Crippen molar-refractivity contribution >= 4 is 11.0 Å². The molecule has 9 heteroatoms. The van der Waals surface area contributed by atoms with Crippen LogP contribution in [0.2, 0.25) is 0 Å². The molecule has 1 aromatic heterocycles. The van der Waals surface area contributed by atoms with Crippen molar-refractivity contribution in [3.8, 4) is 16.9 Å². The number of aliphatic hydroxyl groups is 4. The largest absolute Gasteiger partial charge is 0.463 e. The van der Waals surface area contributed by atoms with E-state index in [1.165, 1.54) is 36.4 Å². The number of fused-ring (bicyclic) bond motifs is 1. The Labute approximate surface area is 169 Å². The molecule has 0 radical (unpaired) electrons. The first-order chi connectivity index (χ1) is 14.4. The van der Waals surface area contributed by atoms with Gasteiger partial charge in [-0.15, -0.1) is 0 Å². The summed E-state index contributed by atoms with van der Waals surface area (Å²) in [5.74, 6) is -0.402. The van der Waals surface area contributed by atoms with Crippen LogP contribution in [0.1, 0.15) is 0 Å². The van der Waals surface area contributed by atoms with Gasteiger partial charge in [-0.1, -0.05) is 18.2 Å². The van der Waals surface area contributed by atoms with Crippen molar-refractivity contribution in [3.05, 3.63) is 64.8 Å². The first-order valence-corrected chi connectivity index (χ1v) is 9.18. The van der Waals surface area contributed by atoms with Crippen LogP contribution >= 0.6 is 0 Å². The molecule has 0 unspecified atom stereocenters. The molecule has 5 atom stereocenters. The number of benzene rings is 2. The van der Waals surface area contributed by atoms with Gasteiger partial charge in [-0.3, -0.25) is 4.79 Å². The molecule has 30 heavy (non-hydrogen) atoms. The molecule has 1 aliphatic rings. The molecule has 1 fully saturated rings. The zero-order valence-corrected chi connectivity index (χ0v) is 15.5. The van der Waals surface area contributed by atoms with Crippen LogP contribution in [-0.2, 0) is 4.74 Å². The highest BCUT2D eigenvalue weighted by molar-refractivity contribution is 5.82. The SMILES string of the molecule is O=c1c(-c2ccccc2F)coc2cc(O[C@@H]3O[C@H](CO)[C@@H](O)[C@@H](O)[C@@H]3O)ccc12. The van der Waals surface area contributed by atoms with Crippen LogP contribution in [0, 0.1) is 5.82 Å². The summed E-state index contributed by atoms with van der Waals surface area (Å²) in [6, 6.07) is 10.1. The van der Waals surface area contributed by atoms with Crippen LogP contribution in [-0.4, -0.2) is 57.7 Å². The monoisotopic (exact) mass is 418 g/mol. The van der Waals surface area contributed by atoms with E-state index in [1.54, 1.807) is 6.07 Å². The Morgan fingerprint density at radius 3 is 2.50 bits per heavy atom. The number of rotatable bonds is 4. The highest BCUT2D eigenvalue weighted by Gasteiger charge is 2.44. The summed E-state index contributed by atoms with van der Waals surface area (Å²) < 4.78 is 30.4. The lowest BCUT2D eigenvalue weighted by Crippen LogP contribution is -2.60. The Balaban J connectivity index is 1.64. The second kappa shape index (κ2) is 8.13. The Bertz CT molecular complexity index is 1110. The molecule has 0 aliphatic carbocycles. The lowest BCUT2D eigenvalue weighted by Gasteiger charge is -2.39. The summed E-state index contributed by atoms with van der Waals surface area (Å²) in [6.07, 6.45) is -5.99. The highest BCUT2D eigenvalue weighted by Crippen LogP contribution is 2.28. The van der Waals surface area contributed by atoms with Gasteiger partial charge in [0.05, 0.1) is 17.6 Å². The smallest absolute Gasteiger partial charge is 0.229 e. The van der Waals surface area contributed by atoms with Gasteiger partial charge in [0.1, 0.15) is 47.8 Å². The highest BCUT2D eigenvalue weighted by atomic mass is 19.1. The molecule has 0 spiro atoms. The molecule has 1 saturated heterocycles. The number of hydrogen-bond acceptors (Lipinski definition) is 8. The number of halogens is 1. The van der Waals surface area contributed by atoms with E-state index in [9.17, 15) is 29.6 Å². The summed E-state index contributed by atoms with van der Waals surface area (Å²) in [4.78, 5) is 12.8. The minimum atomic E-state index is -1.58. The number of ether oxygens (including phenoxy) is 2. The van der Waals surface area contributed by atoms with E-state index in [4.69, 9.17) is 13.9 Å². The third-order valence-electron chi connectivity index (χ3n) is 5.01.